The van der Waals surface area contributed by atoms with E-state index in [1.807, 2.05) is 0 Å². The summed E-state index contributed by atoms with van der Waals surface area (Å²) in [5.41, 5.74) is 0.263. The molecular weight excluding hydrogens is 272 g/mol. The smallest absolute Gasteiger partial charge is 0.278 e. The van der Waals surface area contributed by atoms with Gasteiger partial charge in [-0.3, -0.25) is 19.3 Å². The van der Waals surface area contributed by atoms with Gasteiger partial charge in [0, 0.05) is 13.2 Å². The van der Waals surface area contributed by atoms with Crippen LogP contribution >= 0.6 is 0 Å². The van der Waals surface area contributed by atoms with E-state index >= 15 is 0 Å². The van der Waals surface area contributed by atoms with Crippen molar-refractivity contribution in [1.82, 2.24) is 25.3 Å². The van der Waals surface area contributed by atoms with Crippen LogP contribution in [0.3, 0.4) is 0 Å². The Kier molecular flexibility index (Phi) is 3.51. The van der Waals surface area contributed by atoms with Gasteiger partial charge >= 0.3 is 0 Å². The monoisotopic (exact) mass is 284 g/mol. The van der Waals surface area contributed by atoms with Crippen LogP contribution in [0.25, 0.3) is 0 Å². The third-order valence-corrected chi connectivity index (χ3v) is 3.55. The normalized spacial score (nSPS) is 11.2. The van der Waals surface area contributed by atoms with E-state index in [0.717, 1.165) is 0 Å². The van der Waals surface area contributed by atoms with Crippen molar-refractivity contribution in [1.29, 1.82) is 0 Å². The maximum Gasteiger partial charge on any atom is 0.278 e. The molecule has 2 aromatic heterocycles. The van der Waals surface area contributed by atoms with Gasteiger partial charge in [0.25, 0.3) is 10.0 Å². The predicted octanol–water partition coefficient (Wildman–Crippen LogP) is -0.847. The predicted molar refractivity (Wildman–Crippen MR) is 65.7 cm³/mol. The number of sulfonamides is 1. The molecule has 0 aliphatic heterocycles. The highest BCUT2D eigenvalue weighted by Gasteiger charge is 2.16. The van der Waals surface area contributed by atoms with Gasteiger partial charge in [-0.2, -0.15) is 18.6 Å². The molecule has 2 aromatic rings. The molecule has 0 unspecified atom stereocenters. The largest absolute Gasteiger partial charge is 0.358 e. The average molecular weight is 284 g/mol. The van der Waals surface area contributed by atoms with Crippen LogP contribution in [0.5, 0.6) is 0 Å². The van der Waals surface area contributed by atoms with Crippen LogP contribution < -0.4 is 10.0 Å². The van der Waals surface area contributed by atoms with Gasteiger partial charge in [-0.05, 0) is 6.07 Å². The Morgan fingerprint density at radius 1 is 1.53 bits per heavy atom. The number of hydrogen-bond donors (Lipinski definition) is 3. The number of H-pyrrole nitrogens is 1. The van der Waals surface area contributed by atoms with Crippen LogP contribution in [0, 0.1) is 0 Å². The van der Waals surface area contributed by atoms with Crippen LogP contribution in [0.2, 0.25) is 0 Å². The van der Waals surface area contributed by atoms with Gasteiger partial charge in [-0.15, -0.1) is 0 Å². The van der Waals surface area contributed by atoms with Crippen molar-refractivity contribution in [2.75, 3.05) is 11.8 Å². The third-order valence-electron chi connectivity index (χ3n) is 2.23. The molecule has 0 aliphatic carbocycles. The van der Waals surface area contributed by atoms with Crippen LogP contribution in [0.1, 0.15) is 0 Å². The second-order valence-electron chi connectivity index (χ2n) is 3.63. The van der Waals surface area contributed by atoms with E-state index in [2.05, 4.69) is 25.3 Å². The first-order valence-corrected chi connectivity index (χ1v) is 6.75. The maximum absolute atomic E-state index is 11.9. The highest BCUT2D eigenvalue weighted by molar-refractivity contribution is 7.92. The second kappa shape index (κ2) is 5.10. The molecule has 0 saturated carbocycles. The Bertz CT molecular complexity index is 660. The molecule has 0 aliphatic rings. The number of carbonyl (C=O) groups excluding carboxylic acids is 1. The summed E-state index contributed by atoms with van der Waals surface area (Å²) in [5.74, 6) is -0.230. The van der Waals surface area contributed by atoms with Crippen molar-refractivity contribution in [2.24, 2.45) is 0 Å². The standard InChI is InChI=1S/C9H12N6O3S/c1-10-8(16)6-15-5-7(4-12-15)14-19(17,18)9-2-3-11-13-9/h2-5,14H,6H2,1H3,(H,10,16)(H,11,13). The van der Waals surface area contributed by atoms with Crippen LogP contribution in [-0.4, -0.2) is 41.4 Å². The second-order valence-corrected chi connectivity index (χ2v) is 5.28. The highest BCUT2D eigenvalue weighted by atomic mass is 32.2. The van der Waals surface area contributed by atoms with Gasteiger partial charge in [-0.25, -0.2) is 0 Å². The van der Waals surface area contributed by atoms with Gasteiger partial charge in [-0.1, -0.05) is 0 Å². The summed E-state index contributed by atoms with van der Waals surface area (Å²) in [6.45, 7) is 0.0162. The lowest BCUT2D eigenvalue weighted by molar-refractivity contribution is -0.121. The molecule has 1 amide bonds. The van der Waals surface area contributed by atoms with E-state index in [1.165, 1.54) is 36.4 Å². The zero-order chi connectivity index (χ0) is 13.9. The number of carbonyl (C=O) groups is 1. The number of aromatic nitrogens is 4. The lowest BCUT2D eigenvalue weighted by atomic mass is 10.6. The number of amides is 1. The minimum atomic E-state index is -3.71. The molecule has 0 bridgehead atoms. The summed E-state index contributed by atoms with van der Waals surface area (Å²) in [4.78, 5) is 11.1. The van der Waals surface area contributed by atoms with E-state index in [4.69, 9.17) is 0 Å². The van der Waals surface area contributed by atoms with Gasteiger partial charge < -0.3 is 5.32 Å². The molecule has 3 N–H and O–H groups in total. The van der Waals surface area contributed by atoms with Gasteiger partial charge in [0.1, 0.15) is 6.54 Å². The summed E-state index contributed by atoms with van der Waals surface area (Å²) in [6.07, 6.45) is 4.07. The van der Waals surface area contributed by atoms with Crippen molar-refractivity contribution in [3.63, 3.8) is 0 Å². The Labute approximate surface area is 109 Å². The summed E-state index contributed by atoms with van der Waals surface area (Å²) in [5, 5.41) is 12.2. The molecular formula is C9H12N6O3S. The molecule has 19 heavy (non-hydrogen) atoms. The Balaban J connectivity index is 2.10. The minimum absolute atomic E-state index is 0.0162. The fourth-order valence-electron chi connectivity index (χ4n) is 1.33. The first kappa shape index (κ1) is 13.1. The Morgan fingerprint density at radius 3 is 2.95 bits per heavy atom. The minimum Gasteiger partial charge on any atom is -0.358 e. The van der Waals surface area contributed by atoms with E-state index in [1.54, 1.807) is 0 Å². The fraction of sp³-hybridized carbons (Fsp3) is 0.222. The number of aromatic amines is 1. The van der Waals surface area contributed by atoms with Gasteiger partial charge in [0.2, 0.25) is 5.91 Å². The molecule has 10 heteroatoms. The molecule has 0 radical (unpaired) electrons. The van der Waals surface area contributed by atoms with Crippen molar-refractivity contribution in [3.05, 3.63) is 24.7 Å². The zero-order valence-corrected chi connectivity index (χ0v) is 10.8. The maximum atomic E-state index is 11.9. The molecule has 0 spiro atoms. The number of rotatable bonds is 5. The number of hydrogen-bond acceptors (Lipinski definition) is 5. The van der Waals surface area contributed by atoms with Crippen molar-refractivity contribution >= 4 is 21.6 Å². The Hall–Kier alpha value is -2.36. The first-order chi connectivity index (χ1) is 9.01. The van der Waals surface area contributed by atoms with Crippen LogP contribution in [0.15, 0.2) is 29.7 Å². The molecule has 0 fully saturated rings. The zero-order valence-electron chi connectivity index (χ0n) is 9.99. The van der Waals surface area contributed by atoms with E-state index in [0.29, 0.717) is 0 Å². The van der Waals surface area contributed by atoms with Crippen molar-refractivity contribution in [2.45, 2.75) is 11.6 Å². The molecule has 0 atom stereocenters. The highest BCUT2D eigenvalue weighted by Crippen LogP contribution is 2.12. The van der Waals surface area contributed by atoms with Gasteiger partial charge in [0.05, 0.1) is 18.1 Å². The average Bonchev–Trinajstić information content (AvgIpc) is 3.00. The fourth-order valence-corrected chi connectivity index (χ4v) is 2.27. The molecule has 0 aromatic carbocycles. The van der Waals surface area contributed by atoms with E-state index in [-0.39, 0.29) is 23.2 Å². The lowest BCUT2D eigenvalue weighted by Gasteiger charge is -2.02. The lowest BCUT2D eigenvalue weighted by Crippen LogP contribution is -2.23. The SMILES string of the molecule is CNC(=O)Cn1cc(NS(=O)(=O)c2ccn[nH]2)cn1. The molecule has 0 saturated heterocycles. The molecule has 9 nitrogen and oxygen atoms in total. The van der Waals surface area contributed by atoms with Crippen molar-refractivity contribution in [3.8, 4) is 0 Å². The van der Waals surface area contributed by atoms with Crippen molar-refractivity contribution < 1.29 is 13.2 Å². The summed E-state index contributed by atoms with van der Waals surface area (Å²) >= 11 is 0. The Morgan fingerprint density at radius 2 is 2.32 bits per heavy atom. The summed E-state index contributed by atoms with van der Waals surface area (Å²) < 4.78 is 27.3. The van der Waals surface area contributed by atoms with E-state index < -0.39 is 10.0 Å². The quantitative estimate of drug-likeness (QED) is 0.660. The van der Waals surface area contributed by atoms with Crippen LogP contribution in [0.4, 0.5) is 5.69 Å². The topological polar surface area (TPSA) is 122 Å². The van der Waals surface area contributed by atoms with Crippen LogP contribution in [-0.2, 0) is 21.4 Å². The summed E-state index contributed by atoms with van der Waals surface area (Å²) in [7, 11) is -2.21. The van der Waals surface area contributed by atoms with E-state index in [9.17, 15) is 13.2 Å². The summed E-state index contributed by atoms with van der Waals surface area (Å²) in [6, 6.07) is 1.33. The third kappa shape index (κ3) is 3.10. The number of likely N-dealkylation sites (N-methyl/N-ethyl adjacent to an activating group) is 1. The molecule has 2 rings (SSSR count). The number of nitrogens with one attached hydrogen (secondary N) is 3. The number of anilines is 1. The first-order valence-electron chi connectivity index (χ1n) is 5.26. The number of nitrogens with zero attached hydrogens (tertiary/aromatic N) is 3. The molecule has 102 valence electrons. The molecule has 2 heterocycles. The van der Waals surface area contributed by atoms with Gasteiger partial charge in [0.15, 0.2) is 5.03 Å².